The summed E-state index contributed by atoms with van der Waals surface area (Å²) in [5.41, 5.74) is 0. The fraction of sp³-hybridized carbons (Fsp3) is 0.500. The Kier molecular flexibility index (Phi) is 4.46. The van der Waals surface area contributed by atoms with Crippen molar-refractivity contribution >= 4 is 38.9 Å². The summed E-state index contributed by atoms with van der Waals surface area (Å²) in [6.07, 6.45) is -4.30. The third kappa shape index (κ3) is 3.34. The van der Waals surface area contributed by atoms with Crippen LogP contribution in [-0.2, 0) is 0 Å². The van der Waals surface area contributed by atoms with Crippen LogP contribution in [0.1, 0.15) is 17.8 Å². The summed E-state index contributed by atoms with van der Waals surface area (Å²) in [5, 5.41) is 2.39. The SMILES string of the molecule is CCNC(c1cc(Br)c(Cl)s1)C(F)(F)F. The lowest BCUT2D eigenvalue weighted by Crippen LogP contribution is -2.33. The number of halogens is 5. The minimum atomic E-state index is -4.30. The number of hydrogen-bond acceptors (Lipinski definition) is 2. The van der Waals surface area contributed by atoms with Gasteiger partial charge in [-0.3, -0.25) is 0 Å². The summed E-state index contributed by atoms with van der Waals surface area (Å²) in [5.74, 6) is 0. The summed E-state index contributed by atoms with van der Waals surface area (Å²) >= 11 is 9.71. The largest absolute Gasteiger partial charge is 0.408 e. The fourth-order valence-corrected chi connectivity index (χ4v) is 2.93. The van der Waals surface area contributed by atoms with E-state index in [9.17, 15) is 13.2 Å². The zero-order valence-corrected chi connectivity index (χ0v) is 10.8. The molecule has 86 valence electrons. The molecule has 1 unspecified atom stereocenters. The summed E-state index contributed by atoms with van der Waals surface area (Å²) in [4.78, 5) is 0.168. The number of hydrogen-bond donors (Lipinski definition) is 1. The molecule has 1 rings (SSSR count). The standard InChI is InChI=1S/C8H8BrClF3NS/c1-2-14-6(8(11,12)13)5-3-4(9)7(10)15-5/h3,6,14H,2H2,1H3. The number of thiophene rings is 1. The molecular weight excluding hydrogens is 315 g/mol. The van der Waals surface area contributed by atoms with Crippen molar-refractivity contribution in [3.8, 4) is 0 Å². The van der Waals surface area contributed by atoms with Gasteiger partial charge in [0.05, 0.1) is 0 Å². The Morgan fingerprint density at radius 2 is 2.20 bits per heavy atom. The molecule has 1 aromatic rings. The van der Waals surface area contributed by atoms with Crippen molar-refractivity contribution in [2.24, 2.45) is 0 Å². The Labute approximate surface area is 103 Å². The monoisotopic (exact) mass is 321 g/mol. The average Bonchev–Trinajstić information content (AvgIpc) is 2.40. The zero-order chi connectivity index (χ0) is 11.6. The Balaban J connectivity index is 2.99. The lowest BCUT2D eigenvalue weighted by molar-refractivity contribution is -0.156. The Bertz CT molecular complexity index is 320. The summed E-state index contributed by atoms with van der Waals surface area (Å²) in [6.45, 7) is 1.88. The predicted octanol–water partition coefficient (Wildman–Crippen LogP) is 4.38. The van der Waals surface area contributed by atoms with Crippen LogP contribution < -0.4 is 5.32 Å². The van der Waals surface area contributed by atoms with Crippen LogP contribution in [0.5, 0.6) is 0 Å². The molecule has 0 aliphatic carbocycles. The van der Waals surface area contributed by atoms with Crippen LogP contribution in [0.15, 0.2) is 10.5 Å². The maximum Gasteiger partial charge on any atom is 0.408 e. The first-order valence-corrected chi connectivity index (χ1v) is 6.09. The van der Waals surface area contributed by atoms with Gasteiger partial charge in [-0.05, 0) is 28.5 Å². The highest BCUT2D eigenvalue weighted by molar-refractivity contribution is 9.10. The molecule has 1 heterocycles. The zero-order valence-electron chi connectivity index (χ0n) is 7.66. The molecule has 0 radical (unpaired) electrons. The van der Waals surface area contributed by atoms with Gasteiger partial charge in [-0.1, -0.05) is 18.5 Å². The van der Waals surface area contributed by atoms with E-state index in [4.69, 9.17) is 11.6 Å². The first-order chi connectivity index (χ1) is 6.86. The van der Waals surface area contributed by atoms with Gasteiger partial charge in [0.1, 0.15) is 10.4 Å². The highest BCUT2D eigenvalue weighted by Crippen LogP contribution is 2.41. The highest BCUT2D eigenvalue weighted by Gasteiger charge is 2.41. The Hall–Kier alpha value is 0.220. The molecule has 1 atom stereocenters. The van der Waals surface area contributed by atoms with E-state index in [0.717, 1.165) is 11.3 Å². The van der Waals surface area contributed by atoms with Gasteiger partial charge in [0.2, 0.25) is 0 Å². The first-order valence-electron chi connectivity index (χ1n) is 4.11. The number of alkyl halides is 3. The fourth-order valence-electron chi connectivity index (χ4n) is 1.09. The molecule has 1 aromatic heterocycles. The van der Waals surface area contributed by atoms with E-state index in [1.54, 1.807) is 6.92 Å². The smallest absolute Gasteiger partial charge is 0.302 e. The molecule has 0 bridgehead atoms. The van der Waals surface area contributed by atoms with E-state index in [2.05, 4.69) is 21.2 Å². The maximum atomic E-state index is 12.6. The highest BCUT2D eigenvalue weighted by atomic mass is 79.9. The molecule has 0 saturated heterocycles. The van der Waals surface area contributed by atoms with Crippen molar-refractivity contribution in [1.29, 1.82) is 0 Å². The van der Waals surface area contributed by atoms with Crippen LogP contribution in [-0.4, -0.2) is 12.7 Å². The van der Waals surface area contributed by atoms with Crippen molar-refractivity contribution in [2.45, 2.75) is 19.1 Å². The van der Waals surface area contributed by atoms with Crippen molar-refractivity contribution in [3.05, 3.63) is 19.8 Å². The lowest BCUT2D eigenvalue weighted by atomic mass is 10.2. The molecule has 7 heteroatoms. The Morgan fingerprint density at radius 3 is 2.53 bits per heavy atom. The summed E-state index contributed by atoms with van der Waals surface area (Å²) in [6, 6.07) is -0.246. The van der Waals surface area contributed by atoms with Crippen molar-refractivity contribution in [3.63, 3.8) is 0 Å². The molecule has 1 N–H and O–H groups in total. The van der Waals surface area contributed by atoms with Crippen molar-refractivity contribution in [1.82, 2.24) is 5.32 Å². The van der Waals surface area contributed by atoms with Crippen LogP contribution >= 0.6 is 38.9 Å². The predicted molar refractivity (Wildman–Crippen MR) is 59.5 cm³/mol. The molecule has 0 spiro atoms. The van der Waals surface area contributed by atoms with Gasteiger partial charge < -0.3 is 5.32 Å². The Morgan fingerprint density at radius 1 is 1.60 bits per heavy atom. The second kappa shape index (κ2) is 5.03. The third-order valence-corrected chi connectivity index (χ3v) is 4.22. The van der Waals surface area contributed by atoms with Crippen molar-refractivity contribution in [2.75, 3.05) is 6.54 Å². The van der Waals surface area contributed by atoms with Crippen LogP contribution in [0.2, 0.25) is 4.34 Å². The molecule has 0 fully saturated rings. The van der Waals surface area contributed by atoms with Crippen LogP contribution in [0.4, 0.5) is 13.2 Å². The van der Waals surface area contributed by atoms with E-state index in [-0.39, 0.29) is 11.4 Å². The first kappa shape index (κ1) is 13.3. The molecule has 0 aliphatic rings. The quantitative estimate of drug-likeness (QED) is 0.871. The summed E-state index contributed by atoms with van der Waals surface area (Å²) < 4.78 is 38.7. The van der Waals surface area contributed by atoms with Gasteiger partial charge >= 0.3 is 6.18 Å². The second-order valence-corrected chi connectivity index (χ2v) is 5.34. The van der Waals surface area contributed by atoms with Gasteiger partial charge in [-0.25, -0.2) is 0 Å². The molecule has 0 amide bonds. The molecule has 0 saturated carbocycles. The van der Waals surface area contributed by atoms with E-state index in [0.29, 0.717) is 8.81 Å². The van der Waals surface area contributed by atoms with Gasteiger partial charge in [0.15, 0.2) is 0 Å². The molecule has 0 aliphatic heterocycles. The molecule has 1 nitrogen and oxygen atoms in total. The van der Waals surface area contributed by atoms with E-state index in [1.807, 2.05) is 0 Å². The lowest BCUT2D eigenvalue weighted by Gasteiger charge is -2.19. The van der Waals surface area contributed by atoms with Gasteiger partial charge in [-0.2, -0.15) is 13.2 Å². The number of rotatable bonds is 3. The van der Waals surface area contributed by atoms with Gasteiger partial charge in [0, 0.05) is 9.35 Å². The maximum absolute atomic E-state index is 12.6. The normalized spacial score (nSPS) is 14.3. The topological polar surface area (TPSA) is 12.0 Å². The minimum Gasteiger partial charge on any atom is -0.302 e. The van der Waals surface area contributed by atoms with E-state index >= 15 is 0 Å². The van der Waals surface area contributed by atoms with E-state index in [1.165, 1.54) is 6.07 Å². The average molecular weight is 323 g/mol. The summed E-state index contributed by atoms with van der Waals surface area (Å²) in [7, 11) is 0. The number of nitrogens with one attached hydrogen (secondary N) is 1. The van der Waals surface area contributed by atoms with Crippen LogP contribution in [0.3, 0.4) is 0 Å². The van der Waals surface area contributed by atoms with Crippen molar-refractivity contribution < 1.29 is 13.2 Å². The van der Waals surface area contributed by atoms with Gasteiger partial charge in [0.25, 0.3) is 0 Å². The van der Waals surface area contributed by atoms with Crippen LogP contribution in [0.25, 0.3) is 0 Å². The van der Waals surface area contributed by atoms with Crippen LogP contribution in [0, 0.1) is 0 Å². The van der Waals surface area contributed by atoms with E-state index < -0.39 is 12.2 Å². The second-order valence-electron chi connectivity index (χ2n) is 2.80. The molecule has 15 heavy (non-hydrogen) atoms. The molecular formula is C8H8BrClF3NS. The molecule has 0 aromatic carbocycles. The third-order valence-electron chi connectivity index (χ3n) is 1.68. The minimum absolute atomic E-state index is 0.168. The van der Waals surface area contributed by atoms with Gasteiger partial charge in [-0.15, -0.1) is 11.3 Å².